The number of piperidine rings is 1. The van der Waals surface area contributed by atoms with Crippen LogP contribution in [0.1, 0.15) is 46.9 Å². The van der Waals surface area contributed by atoms with Gasteiger partial charge in [0, 0.05) is 63.8 Å². The number of aromatic nitrogens is 2. The van der Waals surface area contributed by atoms with Crippen molar-refractivity contribution in [2.45, 2.75) is 30.7 Å². The van der Waals surface area contributed by atoms with Crippen molar-refractivity contribution >= 4 is 17.4 Å². The van der Waals surface area contributed by atoms with Crippen molar-refractivity contribution in [3.63, 3.8) is 0 Å². The fourth-order valence-electron chi connectivity index (χ4n) is 5.51. The third-order valence-corrected chi connectivity index (χ3v) is 7.44. The number of pyridine rings is 2. The normalized spacial score (nSPS) is 18.8. The molecule has 0 N–H and O–H groups in total. The summed E-state index contributed by atoms with van der Waals surface area (Å²) in [7, 11) is 6.04. The lowest BCUT2D eigenvalue weighted by Gasteiger charge is -2.41. The zero-order valence-electron chi connectivity index (χ0n) is 19.6. The predicted molar refractivity (Wildman–Crippen MR) is 132 cm³/mol. The summed E-state index contributed by atoms with van der Waals surface area (Å²) in [6.45, 7) is 1.92. The molecule has 1 fully saturated rings. The highest BCUT2D eigenvalue weighted by Gasteiger charge is 2.47. The molecule has 170 valence electrons. The standard InChI is InChI=1S/C27H31N5O/c1-30(2)20-11-15-29-25(18-20)32-16-12-27(13-17-32)19-24(21-8-4-5-9-22(21)27)31(3)26(33)23-10-6-7-14-28-23/h4-11,14-15,18,24H,12-13,16-17,19H2,1-3H3. The van der Waals surface area contributed by atoms with E-state index in [4.69, 9.17) is 0 Å². The Morgan fingerprint density at radius 2 is 1.73 bits per heavy atom. The van der Waals surface area contributed by atoms with Crippen molar-refractivity contribution in [1.82, 2.24) is 14.9 Å². The lowest BCUT2D eigenvalue weighted by atomic mass is 9.73. The van der Waals surface area contributed by atoms with Crippen LogP contribution in [0.2, 0.25) is 0 Å². The maximum atomic E-state index is 13.2. The third kappa shape index (κ3) is 3.84. The van der Waals surface area contributed by atoms with Crippen LogP contribution in [-0.4, -0.2) is 55.0 Å². The second kappa shape index (κ2) is 8.50. The molecule has 5 rings (SSSR count). The van der Waals surface area contributed by atoms with E-state index < -0.39 is 0 Å². The number of carbonyl (C=O) groups is 1. The number of carbonyl (C=O) groups excluding carboxylic acids is 1. The predicted octanol–water partition coefficient (Wildman–Crippen LogP) is 4.30. The van der Waals surface area contributed by atoms with Crippen LogP contribution in [0.25, 0.3) is 0 Å². The third-order valence-electron chi connectivity index (χ3n) is 7.44. The Hall–Kier alpha value is -3.41. The molecule has 1 atom stereocenters. The number of benzene rings is 1. The van der Waals surface area contributed by atoms with Crippen LogP contribution in [0, 0.1) is 0 Å². The molecule has 3 heterocycles. The fraction of sp³-hybridized carbons (Fsp3) is 0.370. The summed E-state index contributed by atoms with van der Waals surface area (Å²) < 4.78 is 0. The average Bonchev–Trinajstić information content (AvgIpc) is 3.18. The van der Waals surface area contributed by atoms with Gasteiger partial charge in [-0.05, 0) is 48.6 Å². The number of anilines is 2. The number of amides is 1. The highest BCUT2D eigenvalue weighted by Crippen LogP contribution is 2.52. The van der Waals surface area contributed by atoms with Gasteiger partial charge in [0.1, 0.15) is 11.5 Å². The molecule has 33 heavy (non-hydrogen) atoms. The smallest absolute Gasteiger partial charge is 0.272 e. The van der Waals surface area contributed by atoms with Gasteiger partial charge >= 0.3 is 0 Å². The number of fused-ring (bicyclic) bond motifs is 2. The second-order valence-corrected chi connectivity index (χ2v) is 9.47. The molecule has 0 bridgehead atoms. The SMILES string of the molecule is CN(C)c1ccnc(N2CCC3(CC2)CC(N(C)C(=O)c2ccccn2)c2ccccc23)c1. The Morgan fingerprint density at radius 3 is 2.45 bits per heavy atom. The zero-order valence-corrected chi connectivity index (χ0v) is 19.6. The van der Waals surface area contributed by atoms with Crippen LogP contribution >= 0.6 is 0 Å². The van der Waals surface area contributed by atoms with Gasteiger partial charge in [-0.15, -0.1) is 0 Å². The van der Waals surface area contributed by atoms with Gasteiger partial charge in [-0.25, -0.2) is 4.98 Å². The maximum absolute atomic E-state index is 13.2. The Labute approximate surface area is 195 Å². The van der Waals surface area contributed by atoms with E-state index in [-0.39, 0.29) is 17.4 Å². The molecule has 1 unspecified atom stereocenters. The van der Waals surface area contributed by atoms with Crippen molar-refractivity contribution in [1.29, 1.82) is 0 Å². The van der Waals surface area contributed by atoms with Crippen molar-refractivity contribution in [3.05, 3.63) is 83.8 Å². The minimum absolute atomic E-state index is 0.0189. The van der Waals surface area contributed by atoms with Gasteiger partial charge in [0.15, 0.2) is 0 Å². The van der Waals surface area contributed by atoms with Crippen LogP contribution in [0.4, 0.5) is 11.5 Å². The molecule has 1 amide bonds. The van der Waals surface area contributed by atoms with Gasteiger partial charge in [-0.3, -0.25) is 9.78 Å². The van der Waals surface area contributed by atoms with Gasteiger partial charge in [-0.1, -0.05) is 30.3 Å². The summed E-state index contributed by atoms with van der Waals surface area (Å²) in [6, 6.07) is 18.5. The molecule has 0 saturated carbocycles. The first-order valence-corrected chi connectivity index (χ1v) is 11.6. The summed E-state index contributed by atoms with van der Waals surface area (Å²) in [5.41, 5.74) is 4.45. The highest BCUT2D eigenvalue weighted by atomic mass is 16.2. The minimum Gasteiger partial charge on any atom is -0.378 e. The number of hydrogen-bond donors (Lipinski definition) is 0. The van der Waals surface area contributed by atoms with Gasteiger partial charge in [0.05, 0.1) is 6.04 Å². The molecule has 1 aromatic carbocycles. The van der Waals surface area contributed by atoms with E-state index >= 15 is 0 Å². The topological polar surface area (TPSA) is 52.6 Å². The largest absolute Gasteiger partial charge is 0.378 e. The zero-order chi connectivity index (χ0) is 23.0. The van der Waals surface area contributed by atoms with E-state index in [1.165, 1.54) is 16.8 Å². The second-order valence-electron chi connectivity index (χ2n) is 9.47. The monoisotopic (exact) mass is 441 g/mol. The minimum atomic E-state index is -0.0189. The van der Waals surface area contributed by atoms with Gasteiger partial charge in [0.2, 0.25) is 0 Å². The van der Waals surface area contributed by atoms with Crippen LogP contribution in [0.3, 0.4) is 0 Å². The highest BCUT2D eigenvalue weighted by molar-refractivity contribution is 5.92. The first kappa shape index (κ1) is 21.4. The van der Waals surface area contributed by atoms with Crippen LogP contribution in [0.15, 0.2) is 67.0 Å². The number of hydrogen-bond acceptors (Lipinski definition) is 5. The Morgan fingerprint density at radius 1 is 0.970 bits per heavy atom. The average molecular weight is 442 g/mol. The van der Waals surface area contributed by atoms with Crippen molar-refractivity contribution in [2.75, 3.05) is 44.0 Å². The van der Waals surface area contributed by atoms with E-state index in [0.29, 0.717) is 5.69 Å². The van der Waals surface area contributed by atoms with Gasteiger partial charge in [-0.2, -0.15) is 0 Å². The van der Waals surface area contributed by atoms with E-state index in [2.05, 4.69) is 64.2 Å². The van der Waals surface area contributed by atoms with Crippen molar-refractivity contribution in [3.8, 4) is 0 Å². The maximum Gasteiger partial charge on any atom is 0.272 e. The Bertz CT molecular complexity index is 1140. The first-order chi connectivity index (χ1) is 16.0. The molecule has 6 nitrogen and oxygen atoms in total. The van der Waals surface area contributed by atoms with Crippen molar-refractivity contribution in [2.24, 2.45) is 0 Å². The summed E-state index contributed by atoms with van der Waals surface area (Å²) in [5.74, 6) is 1.02. The molecular formula is C27H31N5O. The molecule has 1 spiro atoms. The number of nitrogens with zero attached hydrogens (tertiary/aromatic N) is 5. The lowest BCUT2D eigenvalue weighted by molar-refractivity contribution is 0.0706. The summed E-state index contributed by atoms with van der Waals surface area (Å²) >= 11 is 0. The molecule has 3 aromatic rings. The molecular weight excluding hydrogens is 410 g/mol. The van der Waals surface area contributed by atoms with E-state index in [0.717, 1.165) is 38.2 Å². The van der Waals surface area contributed by atoms with E-state index in [9.17, 15) is 4.79 Å². The van der Waals surface area contributed by atoms with Gasteiger partial charge in [0.25, 0.3) is 5.91 Å². The Kier molecular flexibility index (Phi) is 5.52. The molecule has 6 heteroatoms. The van der Waals surface area contributed by atoms with Crippen LogP contribution in [0.5, 0.6) is 0 Å². The number of rotatable bonds is 4. The van der Waals surface area contributed by atoms with E-state index in [1.54, 1.807) is 12.3 Å². The molecule has 1 aliphatic carbocycles. The quantitative estimate of drug-likeness (QED) is 0.604. The summed E-state index contributed by atoms with van der Waals surface area (Å²) in [4.78, 5) is 28.5. The first-order valence-electron chi connectivity index (χ1n) is 11.6. The Balaban J connectivity index is 1.38. The molecule has 0 radical (unpaired) electrons. The lowest BCUT2D eigenvalue weighted by Crippen LogP contribution is -2.42. The molecule has 2 aliphatic rings. The van der Waals surface area contributed by atoms with E-state index in [1.807, 2.05) is 36.3 Å². The molecule has 1 aliphatic heterocycles. The van der Waals surface area contributed by atoms with Crippen LogP contribution < -0.4 is 9.80 Å². The fourth-order valence-corrected chi connectivity index (χ4v) is 5.51. The van der Waals surface area contributed by atoms with Gasteiger partial charge < -0.3 is 14.7 Å². The summed E-state index contributed by atoms with van der Waals surface area (Å²) in [5, 5.41) is 0. The van der Waals surface area contributed by atoms with Crippen molar-refractivity contribution < 1.29 is 4.79 Å². The molecule has 1 saturated heterocycles. The summed E-state index contributed by atoms with van der Waals surface area (Å²) in [6.07, 6.45) is 6.65. The molecule has 2 aromatic heterocycles. The van der Waals surface area contributed by atoms with Crippen LogP contribution in [-0.2, 0) is 5.41 Å².